The van der Waals surface area contributed by atoms with Crippen LogP contribution in [0.2, 0.25) is 0 Å². The minimum atomic E-state index is -0.504. The van der Waals surface area contributed by atoms with Crippen LogP contribution in [-0.2, 0) is 4.79 Å². The summed E-state index contributed by atoms with van der Waals surface area (Å²) in [5, 5.41) is 5.59. The van der Waals surface area contributed by atoms with Gasteiger partial charge in [0, 0.05) is 35.4 Å². The Balaban J connectivity index is 1.31. The van der Waals surface area contributed by atoms with Crippen LogP contribution in [0.3, 0.4) is 0 Å². The minimum Gasteiger partial charge on any atom is -0.362 e. The van der Waals surface area contributed by atoms with Gasteiger partial charge < -0.3 is 15.6 Å². The van der Waals surface area contributed by atoms with E-state index in [9.17, 15) is 14.4 Å². The molecule has 5 amide bonds. The third-order valence-corrected chi connectivity index (χ3v) is 5.58. The van der Waals surface area contributed by atoms with Crippen LogP contribution in [0.1, 0.15) is 16.8 Å². The molecule has 1 saturated heterocycles. The number of aromatic amines is 1. The van der Waals surface area contributed by atoms with Crippen molar-refractivity contribution in [2.45, 2.75) is 6.92 Å². The molecule has 0 atom stereocenters. The van der Waals surface area contributed by atoms with E-state index < -0.39 is 6.03 Å². The zero-order valence-electron chi connectivity index (χ0n) is 17.4. The summed E-state index contributed by atoms with van der Waals surface area (Å²) in [5.41, 5.74) is 5.10. The van der Waals surface area contributed by atoms with Gasteiger partial charge in [0.25, 0.3) is 5.91 Å². The summed E-state index contributed by atoms with van der Waals surface area (Å²) in [6.07, 6.45) is 3.57. The van der Waals surface area contributed by atoms with Gasteiger partial charge in [0.15, 0.2) is 0 Å². The number of benzene rings is 2. The third kappa shape index (κ3) is 3.51. The molecule has 0 bridgehead atoms. The molecule has 160 valence electrons. The van der Waals surface area contributed by atoms with E-state index in [0.29, 0.717) is 30.0 Å². The van der Waals surface area contributed by atoms with Crippen LogP contribution in [0.15, 0.2) is 60.8 Å². The summed E-state index contributed by atoms with van der Waals surface area (Å²) in [4.78, 5) is 43.7. The number of imide groups is 1. The first-order valence-electron chi connectivity index (χ1n) is 10.3. The molecule has 32 heavy (non-hydrogen) atoms. The maximum absolute atomic E-state index is 12.8. The van der Waals surface area contributed by atoms with Gasteiger partial charge in [-0.1, -0.05) is 23.8 Å². The lowest BCUT2D eigenvalue weighted by Crippen LogP contribution is -2.39. The second-order valence-corrected chi connectivity index (χ2v) is 7.75. The molecular formula is C24H21N5O3. The van der Waals surface area contributed by atoms with Gasteiger partial charge in [0.2, 0.25) is 0 Å². The molecule has 0 radical (unpaired) electrons. The summed E-state index contributed by atoms with van der Waals surface area (Å²) in [6, 6.07) is 15.7. The number of fused-ring (bicyclic) bond motifs is 1. The summed E-state index contributed by atoms with van der Waals surface area (Å²) in [7, 11) is 0. The second-order valence-electron chi connectivity index (χ2n) is 7.75. The van der Waals surface area contributed by atoms with Gasteiger partial charge >= 0.3 is 12.1 Å². The smallest absolute Gasteiger partial charge is 0.332 e. The van der Waals surface area contributed by atoms with Crippen LogP contribution in [0, 0.1) is 6.92 Å². The van der Waals surface area contributed by atoms with E-state index in [0.717, 1.165) is 22.5 Å². The highest BCUT2D eigenvalue weighted by Gasteiger charge is 2.34. The van der Waals surface area contributed by atoms with Crippen molar-refractivity contribution in [1.29, 1.82) is 0 Å². The summed E-state index contributed by atoms with van der Waals surface area (Å²) < 4.78 is 0. The largest absolute Gasteiger partial charge is 0.362 e. The van der Waals surface area contributed by atoms with Crippen molar-refractivity contribution >= 4 is 46.7 Å². The number of aryl methyl sites for hydroxylation is 1. The van der Waals surface area contributed by atoms with Gasteiger partial charge in [-0.3, -0.25) is 9.69 Å². The predicted molar refractivity (Wildman–Crippen MR) is 123 cm³/mol. The molecule has 1 aromatic heterocycles. The van der Waals surface area contributed by atoms with E-state index >= 15 is 0 Å². The highest BCUT2D eigenvalue weighted by molar-refractivity contribution is 6.35. The molecule has 8 nitrogen and oxygen atoms in total. The van der Waals surface area contributed by atoms with Crippen molar-refractivity contribution in [3.8, 4) is 0 Å². The molecule has 2 aliphatic heterocycles. The molecule has 2 aliphatic rings. The van der Waals surface area contributed by atoms with Crippen molar-refractivity contribution in [2.24, 2.45) is 0 Å². The Labute approximate surface area is 184 Å². The number of nitrogens with one attached hydrogen (secondary N) is 3. The van der Waals surface area contributed by atoms with E-state index in [4.69, 9.17) is 0 Å². The summed E-state index contributed by atoms with van der Waals surface area (Å²) in [6.45, 7) is 2.71. The average molecular weight is 427 g/mol. The van der Waals surface area contributed by atoms with E-state index in [-0.39, 0.29) is 11.9 Å². The van der Waals surface area contributed by atoms with Gasteiger partial charge in [0.05, 0.1) is 17.8 Å². The quantitative estimate of drug-likeness (QED) is 0.544. The standard InChI is InChI=1S/C24H21N5O3/c1-15-4-7-18(8-5-15)28-11-12-29(24(28)32)23(31)26-17-6-9-19-20(13-16-3-2-10-25-16)22(30)27-21(19)14-17/h2-10,13-14,25H,11-12H2,1H3,(H,26,31)(H,27,30)/b20-13-. The van der Waals surface area contributed by atoms with Crippen molar-refractivity contribution in [1.82, 2.24) is 9.88 Å². The van der Waals surface area contributed by atoms with Gasteiger partial charge in [0.1, 0.15) is 0 Å². The lowest BCUT2D eigenvalue weighted by Gasteiger charge is -2.18. The molecule has 5 rings (SSSR count). The van der Waals surface area contributed by atoms with Crippen molar-refractivity contribution < 1.29 is 14.4 Å². The normalized spacial score (nSPS) is 16.5. The monoisotopic (exact) mass is 427 g/mol. The van der Waals surface area contributed by atoms with E-state index in [1.54, 1.807) is 35.4 Å². The number of anilines is 3. The molecule has 2 aromatic carbocycles. The highest BCUT2D eigenvalue weighted by Crippen LogP contribution is 2.35. The topological polar surface area (TPSA) is 97.5 Å². The van der Waals surface area contributed by atoms with Crippen LogP contribution in [-0.4, -0.2) is 40.9 Å². The first kappa shape index (κ1) is 19.6. The SMILES string of the molecule is Cc1ccc(N2CCN(C(=O)Nc3ccc4c(c3)NC(=O)/C4=C\c3ccc[nH]3)C2=O)cc1. The van der Waals surface area contributed by atoms with Crippen molar-refractivity contribution in [3.05, 3.63) is 77.6 Å². The molecular weight excluding hydrogens is 406 g/mol. The number of hydrogen-bond acceptors (Lipinski definition) is 3. The van der Waals surface area contributed by atoms with E-state index in [1.165, 1.54) is 4.90 Å². The highest BCUT2D eigenvalue weighted by atomic mass is 16.2. The summed E-state index contributed by atoms with van der Waals surface area (Å²) in [5.74, 6) is -0.207. The fourth-order valence-corrected chi connectivity index (χ4v) is 3.89. The van der Waals surface area contributed by atoms with Crippen molar-refractivity contribution in [3.63, 3.8) is 0 Å². The molecule has 0 aliphatic carbocycles. The number of nitrogens with zero attached hydrogens (tertiary/aromatic N) is 2. The molecule has 3 aromatic rings. The Bertz CT molecular complexity index is 1250. The van der Waals surface area contributed by atoms with Crippen LogP contribution in [0.4, 0.5) is 26.7 Å². The molecule has 3 N–H and O–H groups in total. The maximum atomic E-state index is 12.8. The Morgan fingerprint density at radius 1 is 1.06 bits per heavy atom. The van der Waals surface area contributed by atoms with Crippen LogP contribution < -0.4 is 15.5 Å². The predicted octanol–water partition coefficient (Wildman–Crippen LogP) is 4.29. The first-order valence-corrected chi connectivity index (χ1v) is 10.3. The lowest BCUT2D eigenvalue weighted by atomic mass is 10.1. The van der Waals surface area contributed by atoms with E-state index in [2.05, 4.69) is 15.6 Å². The zero-order valence-corrected chi connectivity index (χ0v) is 17.4. The number of H-pyrrole nitrogens is 1. The number of aromatic nitrogens is 1. The lowest BCUT2D eigenvalue weighted by molar-refractivity contribution is -0.110. The number of urea groups is 2. The molecule has 8 heteroatoms. The molecule has 0 saturated carbocycles. The summed E-state index contributed by atoms with van der Waals surface area (Å²) >= 11 is 0. The zero-order chi connectivity index (χ0) is 22.2. The van der Waals surface area contributed by atoms with Crippen LogP contribution in [0.25, 0.3) is 11.6 Å². The Morgan fingerprint density at radius 2 is 1.88 bits per heavy atom. The fraction of sp³-hybridized carbons (Fsp3) is 0.125. The number of rotatable bonds is 3. The second kappa shape index (κ2) is 7.73. The van der Waals surface area contributed by atoms with E-state index in [1.807, 2.05) is 43.3 Å². The Kier molecular flexibility index (Phi) is 4.74. The maximum Gasteiger partial charge on any atom is 0.332 e. The first-order chi connectivity index (χ1) is 15.5. The fourth-order valence-electron chi connectivity index (χ4n) is 3.89. The van der Waals surface area contributed by atoms with Crippen molar-refractivity contribution in [2.75, 3.05) is 28.6 Å². The number of hydrogen-bond donors (Lipinski definition) is 3. The number of carbonyl (C=O) groups excluding carboxylic acids is 3. The molecule has 0 spiro atoms. The van der Waals surface area contributed by atoms with Gasteiger partial charge in [-0.25, -0.2) is 14.5 Å². The number of amides is 5. The van der Waals surface area contributed by atoms with Gasteiger partial charge in [-0.2, -0.15) is 0 Å². The number of carbonyl (C=O) groups is 3. The minimum absolute atomic E-state index is 0.207. The molecule has 1 fully saturated rings. The van der Waals surface area contributed by atoms with Crippen LogP contribution >= 0.6 is 0 Å². The Morgan fingerprint density at radius 3 is 2.62 bits per heavy atom. The molecule has 3 heterocycles. The Hall–Kier alpha value is -4.33. The van der Waals surface area contributed by atoms with Gasteiger partial charge in [-0.05, 0) is 49.4 Å². The third-order valence-electron chi connectivity index (χ3n) is 5.58. The molecule has 0 unspecified atom stereocenters. The van der Waals surface area contributed by atoms with Gasteiger partial charge in [-0.15, -0.1) is 0 Å². The van der Waals surface area contributed by atoms with Crippen LogP contribution in [0.5, 0.6) is 0 Å². The average Bonchev–Trinajstić information content (AvgIpc) is 3.49.